The first kappa shape index (κ1) is 16.4. The number of methoxy groups -OCH3 is 1. The van der Waals surface area contributed by atoms with Crippen molar-refractivity contribution in [3.8, 4) is 11.5 Å². The summed E-state index contributed by atoms with van der Waals surface area (Å²) in [6.07, 6.45) is 0.368. The van der Waals surface area contributed by atoms with E-state index in [2.05, 4.69) is 9.89 Å². The van der Waals surface area contributed by atoms with E-state index in [1.54, 1.807) is 12.1 Å². The van der Waals surface area contributed by atoms with Gasteiger partial charge in [-0.2, -0.15) is 0 Å². The molecule has 0 fully saturated rings. The van der Waals surface area contributed by atoms with Crippen LogP contribution in [0.15, 0.2) is 53.7 Å². The maximum atomic E-state index is 11.0. The van der Waals surface area contributed by atoms with Gasteiger partial charge < -0.3 is 19.8 Å². The highest BCUT2D eigenvalue weighted by atomic mass is 16.6. The minimum Gasteiger partial charge on any atom is -0.507 e. The van der Waals surface area contributed by atoms with Gasteiger partial charge in [0, 0.05) is 18.1 Å². The standard InChI is InChI=1S/C17H17NO5/c1-22-17(20)11-23-13-7-8-14(16(19)10-13)15(18-21)9-12-5-3-2-4-6-12/h2-8,10,19,21H,9,11H2,1H3/b18-15+. The Kier molecular flexibility index (Phi) is 5.57. The summed E-state index contributed by atoms with van der Waals surface area (Å²) >= 11 is 0. The van der Waals surface area contributed by atoms with Crippen molar-refractivity contribution in [1.82, 2.24) is 0 Å². The normalized spacial score (nSPS) is 11.1. The lowest BCUT2D eigenvalue weighted by molar-refractivity contribution is -0.142. The van der Waals surface area contributed by atoms with Crippen LogP contribution in [0.5, 0.6) is 11.5 Å². The Balaban J connectivity index is 2.14. The van der Waals surface area contributed by atoms with Crippen LogP contribution in [0.3, 0.4) is 0 Å². The Morgan fingerprint density at radius 1 is 1.17 bits per heavy atom. The molecule has 6 nitrogen and oxygen atoms in total. The SMILES string of the molecule is COC(=O)COc1ccc(/C(Cc2ccccc2)=N/O)c(O)c1. The van der Waals surface area contributed by atoms with Crippen molar-refractivity contribution in [2.24, 2.45) is 5.16 Å². The first-order chi connectivity index (χ1) is 11.1. The Morgan fingerprint density at radius 2 is 1.91 bits per heavy atom. The molecule has 0 saturated heterocycles. The number of oxime groups is 1. The average Bonchev–Trinajstić information content (AvgIpc) is 2.59. The predicted molar refractivity (Wildman–Crippen MR) is 84.1 cm³/mol. The third-order valence-corrected chi connectivity index (χ3v) is 3.20. The van der Waals surface area contributed by atoms with E-state index in [0.717, 1.165) is 5.56 Å². The quantitative estimate of drug-likeness (QED) is 0.370. The number of hydrogen-bond acceptors (Lipinski definition) is 6. The molecule has 0 radical (unpaired) electrons. The zero-order valence-corrected chi connectivity index (χ0v) is 12.6. The van der Waals surface area contributed by atoms with Gasteiger partial charge in [-0.15, -0.1) is 0 Å². The summed E-state index contributed by atoms with van der Waals surface area (Å²) in [5.41, 5.74) is 1.67. The van der Waals surface area contributed by atoms with E-state index in [1.165, 1.54) is 13.2 Å². The number of carbonyl (C=O) groups is 1. The van der Waals surface area contributed by atoms with Crippen molar-refractivity contribution in [3.05, 3.63) is 59.7 Å². The number of rotatable bonds is 6. The largest absolute Gasteiger partial charge is 0.507 e. The number of esters is 1. The van der Waals surface area contributed by atoms with E-state index in [-0.39, 0.29) is 12.4 Å². The van der Waals surface area contributed by atoms with Gasteiger partial charge in [-0.1, -0.05) is 35.5 Å². The fraction of sp³-hybridized carbons (Fsp3) is 0.176. The highest BCUT2D eigenvalue weighted by Gasteiger charge is 2.12. The summed E-state index contributed by atoms with van der Waals surface area (Å²) in [7, 11) is 1.26. The van der Waals surface area contributed by atoms with Crippen LogP contribution in [-0.2, 0) is 16.0 Å². The zero-order valence-electron chi connectivity index (χ0n) is 12.6. The van der Waals surface area contributed by atoms with Crippen LogP contribution in [0.25, 0.3) is 0 Å². The van der Waals surface area contributed by atoms with Crippen molar-refractivity contribution in [3.63, 3.8) is 0 Å². The predicted octanol–water partition coefficient (Wildman–Crippen LogP) is 2.37. The minimum atomic E-state index is -0.518. The Bertz CT molecular complexity index is 697. The molecule has 0 unspecified atom stereocenters. The molecule has 23 heavy (non-hydrogen) atoms. The van der Waals surface area contributed by atoms with Gasteiger partial charge in [0.15, 0.2) is 6.61 Å². The van der Waals surface area contributed by atoms with E-state index >= 15 is 0 Å². The monoisotopic (exact) mass is 315 g/mol. The summed E-state index contributed by atoms with van der Waals surface area (Å²) in [5.74, 6) is -0.306. The van der Waals surface area contributed by atoms with Crippen LogP contribution in [0.2, 0.25) is 0 Å². The highest BCUT2D eigenvalue weighted by Crippen LogP contribution is 2.25. The summed E-state index contributed by atoms with van der Waals surface area (Å²) in [4.78, 5) is 11.0. The first-order valence-corrected chi connectivity index (χ1v) is 6.92. The molecule has 6 heteroatoms. The third-order valence-electron chi connectivity index (χ3n) is 3.20. The molecule has 0 atom stereocenters. The second-order valence-corrected chi connectivity index (χ2v) is 4.75. The van der Waals surface area contributed by atoms with Crippen molar-refractivity contribution in [2.75, 3.05) is 13.7 Å². The molecule has 0 heterocycles. The summed E-state index contributed by atoms with van der Waals surface area (Å²) in [6, 6.07) is 14.0. The van der Waals surface area contributed by atoms with E-state index in [0.29, 0.717) is 23.4 Å². The lowest BCUT2D eigenvalue weighted by Crippen LogP contribution is -2.12. The van der Waals surface area contributed by atoms with Gasteiger partial charge in [0.25, 0.3) is 0 Å². The molecule has 0 aliphatic rings. The lowest BCUT2D eigenvalue weighted by atomic mass is 10.0. The van der Waals surface area contributed by atoms with Crippen LogP contribution in [0.4, 0.5) is 0 Å². The molecule has 2 N–H and O–H groups in total. The molecule has 0 saturated carbocycles. The number of phenols is 1. The van der Waals surface area contributed by atoms with Crippen molar-refractivity contribution in [2.45, 2.75) is 6.42 Å². The number of hydrogen-bond donors (Lipinski definition) is 2. The Morgan fingerprint density at radius 3 is 2.52 bits per heavy atom. The summed E-state index contributed by atoms with van der Waals surface area (Å²) < 4.78 is 9.66. The molecule has 0 spiro atoms. The van der Waals surface area contributed by atoms with E-state index in [4.69, 9.17) is 4.74 Å². The van der Waals surface area contributed by atoms with Gasteiger partial charge in [-0.3, -0.25) is 0 Å². The second-order valence-electron chi connectivity index (χ2n) is 4.75. The number of phenolic OH excluding ortho intramolecular Hbond substituents is 1. The number of nitrogens with zero attached hydrogens (tertiary/aromatic N) is 1. The minimum absolute atomic E-state index is 0.101. The maximum Gasteiger partial charge on any atom is 0.343 e. The Labute approximate surface area is 133 Å². The average molecular weight is 315 g/mol. The van der Waals surface area contributed by atoms with Crippen LogP contribution in [0.1, 0.15) is 11.1 Å². The molecule has 0 bridgehead atoms. The molecule has 0 amide bonds. The number of benzene rings is 2. The summed E-state index contributed by atoms with van der Waals surface area (Å²) in [5, 5.41) is 22.6. The van der Waals surface area contributed by atoms with Gasteiger partial charge in [0.1, 0.15) is 11.5 Å². The van der Waals surface area contributed by atoms with Crippen LogP contribution in [-0.4, -0.2) is 35.7 Å². The van der Waals surface area contributed by atoms with Gasteiger partial charge in [-0.25, -0.2) is 4.79 Å². The molecule has 0 aromatic heterocycles. The van der Waals surface area contributed by atoms with E-state index < -0.39 is 5.97 Å². The van der Waals surface area contributed by atoms with Gasteiger partial charge >= 0.3 is 5.97 Å². The molecule has 2 rings (SSSR count). The number of aromatic hydroxyl groups is 1. The van der Waals surface area contributed by atoms with Crippen molar-refractivity contribution >= 4 is 11.7 Å². The van der Waals surface area contributed by atoms with E-state index in [1.807, 2.05) is 30.3 Å². The smallest absolute Gasteiger partial charge is 0.343 e. The highest BCUT2D eigenvalue weighted by molar-refractivity contribution is 6.03. The van der Waals surface area contributed by atoms with Gasteiger partial charge in [0.2, 0.25) is 0 Å². The number of carbonyl (C=O) groups excluding carboxylic acids is 1. The van der Waals surface area contributed by atoms with Gasteiger partial charge in [-0.05, 0) is 17.7 Å². The summed E-state index contributed by atoms with van der Waals surface area (Å²) in [6.45, 7) is -0.250. The molecule has 2 aromatic rings. The van der Waals surface area contributed by atoms with Crippen molar-refractivity contribution < 1.29 is 24.6 Å². The molecular weight excluding hydrogens is 298 g/mol. The van der Waals surface area contributed by atoms with Crippen LogP contribution in [0, 0.1) is 0 Å². The third kappa shape index (κ3) is 4.47. The first-order valence-electron chi connectivity index (χ1n) is 6.92. The van der Waals surface area contributed by atoms with E-state index in [9.17, 15) is 15.1 Å². The second kappa shape index (κ2) is 7.84. The maximum absolute atomic E-state index is 11.0. The lowest BCUT2D eigenvalue weighted by Gasteiger charge is -2.10. The van der Waals surface area contributed by atoms with Crippen LogP contribution >= 0.6 is 0 Å². The van der Waals surface area contributed by atoms with Crippen LogP contribution < -0.4 is 4.74 Å². The fourth-order valence-electron chi connectivity index (χ4n) is 2.02. The number of ether oxygens (including phenoxy) is 2. The Hall–Kier alpha value is -3.02. The molecule has 2 aromatic carbocycles. The van der Waals surface area contributed by atoms with Crippen molar-refractivity contribution in [1.29, 1.82) is 0 Å². The van der Waals surface area contributed by atoms with Gasteiger partial charge in [0.05, 0.1) is 12.8 Å². The molecule has 120 valence electrons. The fourth-order valence-corrected chi connectivity index (χ4v) is 2.02. The molecule has 0 aliphatic carbocycles. The zero-order chi connectivity index (χ0) is 16.7. The topological polar surface area (TPSA) is 88.4 Å². The molecular formula is C17H17NO5. The molecule has 0 aliphatic heterocycles.